The Kier molecular flexibility index (Phi) is 5.17. The number of hydrogen-bond donors (Lipinski definition) is 0. The van der Waals surface area contributed by atoms with Gasteiger partial charge in [0.25, 0.3) is 0 Å². The van der Waals surface area contributed by atoms with E-state index in [9.17, 15) is 0 Å². The third kappa shape index (κ3) is 3.39. The molecule has 0 heterocycles. The second-order valence-electron chi connectivity index (χ2n) is 6.55. The van der Waals surface area contributed by atoms with Gasteiger partial charge in [-0.25, -0.2) is 0 Å². The van der Waals surface area contributed by atoms with E-state index in [1.807, 2.05) is 0 Å². The van der Waals surface area contributed by atoms with Gasteiger partial charge in [-0.1, -0.05) is 49.0 Å². The summed E-state index contributed by atoms with van der Waals surface area (Å²) in [5.74, 6) is 2.01. The van der Waals surface area contributed by atoms with Gasteiger partial charge in [-0.15, -0.1) is 0 Å². The molecule has 0 atom stereocenters. The maximum absolute atomic E-state index is 6.14. The normalized spacial score (nSPS) is 28.6. The summed E-state index contributed by atoms with van der Waals surface area (Å²) in [7, 11) is 0. The fourth-order valence-electron chi connectivity index (χ4n) is 3.97. The Hall–Kier alpha value is -0.500. The molecule has 3 rings (SSSR count). The molecule has 1 aromatic rings. The Morgan fingerprint density at radius 1 is 1.25 bits per heavy atom. The highest BCUT2D eigenvalue weighted by Gasteiger charge is 2.39. The number of rotatable bonds is 3. The molecule has 1 nitrogen and oxygen atoms in total. The van der Waals surface area contributed by atoms with E-state index in [1.165, 1.54) is 50.5 Å². The van der Waals surface area contributed by atoms with Crippen LogP contribution in [-0.4, -0.2) is 6.61 Å². The van der Waals surface area contributed by atoms with Gasteiger partial charge in [0.1, 0.15) is 5.75 Å². The maximum atomic E-state index is 6.14. The largest absolute Gasteiger partial charge is 0.493 e. The van der Waals surface area contributed by atoms with Crippen LogP contribution in [-0.2, 0) is 0 Å². The van der Waals surface area contributed by atoms with Crippen molar-refractivity contribution >= 4 is 15.9 Å². The average molecular weight is 339 g/mol. The quantitative estimate of drug-likeness (QED) is 0.643. The van der Waals surface area contributed by atoms with Gasteiger partial charge in [-0.05, 0) is 55.9 Å². The Labute approximate surface area is 132 Å². The van der Waals surface area contributed by atoms with Crippen LogP contribution in [0.3, 0.4) is 0 Å². The molecule has 0 spiro atoms. The molecule has 2 bridgehead atoms. The third-order valence-corrected chi connectivity index (χ3v) is 5.92. The van der Waals surface area contributed by atoms with Crippen molar-refractivity contribution in [3.05, 3.63) is 28.2 Å². The number of halogens is 1. The van der Waals surface area contributed by atoms with Crippen molar-refractivity contribution in [2.75, 3.05) is 6.61 Å². The molecule has 2 aliphatic carbocycles. The molecule has 0 aliphatic heterocycles. The molecule has 20 heavy (non-hydrogen) atoms. The molecule has 2 heteroatoms. The first-order valence-corrected chi connectivity index (χ1v) is 8.35. The summed E-state index contributed by atoms with van der Waals surface area (Å²) in [6, 6.07) is 6.31. The van der Waals surface area contributed by atoms with E-state index in [0.29, 0.717) is 5.41 Å². The fraction of sp³-hybridized carbons (Fsp3) is 0.667. The van der Waals surface area contributed by atoms with Gasteiger partial charge in [0.15, 0.2) is 0 Å². The van der Waals surface area contributed by atoms with Crippen molar-refractivity contribution in [2.45, 2.75) is 59.3 Å². The number of fused-ring (bicyclic) bond motifs is 2. The van der Waals surface area contributed by atoms with Crippen molar-refractivity contribution in [1.29, 1.82) is 0 Å². The highest BCUT2D eigenvalue weighted by atomic mass is 79.9. The Morgan fingerprint density at radius 2 is 1.95 bits per heavy atom. The highest BCUT2D eigenvalue weighted by Crippen LogP contribution is 2.49. The average Bonchev–Trinajstić information content (AvgIpc) is 2.40. The smallest absolute Gasteiger partial charge is 0.119 e. The summed E-state index contributed by atoms with van der Waals surface area (Å²) in [5.41, 5.74) is 1.74. The number of benzene rings is 1. The molecule has 0 radical (unpaired) electrons. The van der Waals surface area contributed by atoms with Gasteiger partial charge >= 0.3 is 0 Å². The molecular formula is C18H27BrO. The summed E-state index contributed by atoms with van der Waals surface area (Å²) in [6.45, 7) is 3.04. The second-order valence-corrected chi connectivity index (χ2v) is 7.41. The monoisotopic (exact) mass is 338 g/mol. The second kappa shape index (κ2) is 6.51. The fourth-order valence-corrected chi connectivity index (χ4v) is 4.21. The van der Waals surface area contributed by atoms with Crippen LogP contribution in [0.2, 0.25) is 0 Å². The molecule has 2 saturated carbocycles. The lowest BCUT2D eigenvalue weighted by atomic mass is 9.62. The van der Waals surface area contributed by atoms with E-state index in [1.54, 1.807) is 0 Å². The zero-order chi connectivity index (χ0) is 13.3. The van der Waals surface area contributed by atoms with Crippen LogP contribution in [0.5, 0.6) is 5.75 Å². The van der Waals surface area contributed by atoms with Gasteiger partial charge in [0.05, 0.1) is 6.61 Å². The van der Waals surface area contributed by atoms with Crippen molar-refractivity contribution < 1.29 is 4.74 Å². The van der Waals surface area contributed by atoms with E-state index in [0.717, 1.165) is 22.7 Å². The molecule has 0 aromatic heterocycles. The van der Waals surface area contributed by atoms with E-state index in [2.05, 4.69) is 41.1 Å². The molecular weight excluding hydrogens is 312 g/mol. The van der Waals surface area contributed by atoms with Crippen LogP contribution in [0.25, 0.3) is 0 Å². The third-order valence-electron chi connectivity index (χ3n) is 5.04. The van der Waals surface area contributed by atoms with Crippen LogP contribution in [0.15, 0.2) is 22.7 Å². The van der Waals surface area contributed by atoms with Gasteiger partial charge in [-0.3, -0.25) is 0 Å². The van der Waals surface area contributed by atoms with E-state index >= 15 is 0 Å². The molecule has 0 saturated heterocycles. The summed E-state index contributed by atoms with van der Waals surface area (Å²) in [4.78, 5) is 0. The van der Waals surface area contributed by atoms with Crippen LogP contribution in [0.1, 0.15) is 57.9 Å². The van der Waals surface area contributed by atoms with Crippen LogP contribution >= 0.6 is 15.9 Å². The number of aryl methyl sites for hydroxylation is 1. The number of hydrogen-bond acceptors (Lipinski definition) is 1. The van der Waals surface area contributed by atoms with Crippen molar-refractivity contribution in [3.8, 4) is 5.75 Å². The van der Waals surface area contributed by atoms with Crippen LogP contribution in [0, 0.1) is 18.3 Å². The van der Waals surface area contributed by atoms with Crippen LogP contribution < -0.4 is 4.74 Å². The molecule has 2 fully saturated rings. The lowest BCUT2D eigenvalue weighted by Gasteiger charge is -2.45. The predicted octanol–water partition coefficient (Wildman–Crippen LogP) is 6.13. The first-order chi connectivity index (χ1) is 9.17. The summed E-state index contributed by atoms with van der Waals surface area (Å²) >= 11 is 3.54. The minimum absolute atomic E-state index is 0. The zero-order valence-corrected chi connectivity index (χ0v) is 13.3. The van der Waals surface area contributed by atoms with Gasteiger partial charge in [-0.2, -0.15) is 0 Å². The Bertz CT molecular complexity index is 445. The molecule has 0 amide bonds. The molecule has 2 aliphatic rings. The van der Waals surface area contributed by atoms with E-state index in [-0.39, 0.29) is 7.43 Å². The Balaban J connectivity index is 0.00000147. The topological polar surface area (TPSA) is 9.23 Å². The van der Waals surface area contributed by atoms with Crippen molar-refractivity contribution in [1.82, 2.24) is 0 Å². The zero-order valence-electron chi connectivity index (χ0n) is 11.8. The first kappa shape index (κ1) is 15.9. The molecule has 1 aromatic carbocycles. The maximum Gasteiger partial charge on any atom is 0.119 e. The SMILES string of the molecule is C.Cc1cc(OCC23CCCC(CCC2)C3)ccc1Br. The minimum atomic E-state index is 0. The van der Waals surface area contributed by atoms with Crippen molar-refractivity contribution in [2.24, 2.45) is 11.3 Å². The van der Waals surface area contributed by atoms with Crippen molar-refractivity contribution in [3.63, 3.8) is 0 Å². The summed E-state index contributed by atoms with van der Waals surface area (Å²) in [6.07, 6.45) is 9.89. The molecule has 0 unspecified atom stereocenters. The first-order valence-electron chi connectivity index (χ1n) is 7.56. The van der Waals surface area contributed by atoms with Gasteiger partial charge in [0, 0.05) is 9.89 Å². The van der Waals surface area contributed by atoms with Gasteiger partial charge < -0.3 is 4.74 Å². The molecule has 0 N–H and O–H groups in total. The van der Waals surface area contributed by atoms with E-state index in [4.69, 9.17) is 4.74 Å². The van der Waals surface area contributed by atoms with Gasteiger partial charge in [0.2, 0.25) is 0 Å². The summed E-state index contributed by atoms with van der Waals surface area (Å²) in [5, 5.41) is 0. The summed E-state index contributed by atoms with van der Waals surface area (Å²) < 4.78 is 7.30. The van der Waals surface area contributed by atoms with Crippen LogP contribution in [0.4, 0.5) is 0 Å². The van der Waals surface area contributed by atoms with E-state index < -0.39 is 0 Å². The Morgan fingerprint density at radius 3 is 2.60 bits per heavy atom. The standard InChI is InChI=1S/C17H23BrO.CH4/c1-13-10-15(6-7-16(13)18)19-12-17-8-2-4-14(11-17)5-3-9-17;/h6-7,10,14H,2-5,8-9,11-12H2,1H3;1H4. The lowest BCUT2D eigenvalue weighted by Crippen LogP contribution is -2.37. The highest BCUT2D eigenvalue weighted by molar-refractivity contribution is 9.10. The number of ether oxygens (including phenoxy) is 1. The minimum Gasteiger partial charge on any atom is -0.493 e. The molecule has 112 valence electrons. The lowest BCUT2D eigenvalue weighted by molar-refractivity contribution is 0.0282. The predicted molar refractivity (Wildman–Crippen MR) is 89.3 cm³/mol.